The summed E-state index contributed by atoms with van der Waals surface area (Å²) in [6.07, 6.45) is 0. The first-order chi connectivity index (χ1) is 12.0. The van der Waals surface area contributed by atoms with E-state index in [0.717, 1.165) is 31.0 Å². The van der Waals surface area contributed by atoms with Crippen LogP contribution in [0, 0.1) is 11.8 Å². The molecule has 2 fully saturated rings. The second-order valence-electron chi connectivity index (χ2n) is 8.77. The third-order valence-electron chi connectivity index (χ3n) is 5.98. The first-order valence-electron chi connectivity index (χ1n) is 9.59. The average molecular weight is 335 g/mol. The molecule has 0 spiro atoms. The molecule has 0 bridgehead atoms. The van der Waals surface area contributed by atoms with E-state index in [4.69, 9.17) is 0 Å². The zero-order valence-corrected chi connectivity index (χ0v) is 15.7. The minimum Gasteiger partial charge on any atom is -0.298 e. The van der Waals surface area contributed by atoms with Gasteiger partial charge in [-0.3, -0.25) is 9.80 Å². The Labute approximate surface area is 152 Å². The van der Waals surface area contributed by atoms with E-state index in [9.17, 15) is 0 Å². The maximum atomic E-state index is 2.72. The highest BCUT2D eigenvalue weighted by molar-refractivity contribution is 5.20. The molecule has 1 aliphatic heterocycles. The Bertz CT molecular complexity index is 636. The van der Waals surface area contributed by atoms with Gasteiger partial charge in [0, 0.05) is 37.8 Å². The van der Waals surface area contributed by atoms with Crippen molar-refractivity contribution >= 4 is 0 Å². The summed E-state index contributed by atoms with van der Waals surface area (Å²) in [6.45, 7) is 11.7. The molecule has 0 unspecified atom stereocenters. The highest BCUT2D eigenvalue weighted by Crippen LogP contribution is 2.51. The van der Waals surface area contributed by atoms with Crippen LogP contribution < -0.4 is 0 Å². The molecule has 0 radical (unpaired) electrons. The molecule has 25 heavy (non-hydrogen) atoms. The number of hydrogen-bond acceptors (Lipinski definition) is 2. The number of hydrogen-bond donors (Lipinski definition) is 0. The van der Waals surface area contributed by atoms with Crippen LogP contribution in [0.5, 0.6) is 0 Å². The SMILES string of the molecule is CC(C)(C)N1C[C@@H]2[C@H](C1)[C@H]2N(Cc1ccccc1)Cc1ccccc1. The summed E-state index contributed by atoms with van der Waals surface area (Å²) in [5, 5.41) is 0. The van der Waals surface area contributed by atoms with Crippen LogP contribution in [0.1, 0.15) is 31.9 Å². The monoisotopic (exact) mass is 334 g/mol. The second kappa shape index (κ2) is 6.59. The van der Waals surface area contributed by atoms with Gasteiger partial charge >= 0.3 is 0 Å². The van der Waals surface area contributed by atoms with Gasteiger partial charge in [0.05, 0.1) is 0 Å². The fourth-order valence-electron chi connectivity index (χ4n) is 4.49. The molecule has 2 aromatic rings. The van der Waals surface area contributed by atoms with Gasteiger partial charge in [-0.15, -0.1) is 0 Å². The fraction of sp³-hybridized carbons (Fsp3) is 0.478. The molecular formula is C23H30N2. The van der Waals surface area contributed by atoms with Crippen molar-refractivity contribution in [3.05, 3.63) is 71.8 Å². The maximum Gasteiger partial charge on any atom is 0.0240 e. The molecule has 1 saturated carbocycles. The van der Waals surface area contributed by atoms with E-state index in [1.54, 1.807) is 0 Å². The van der Waals surface area contributed by atoms with E-state index >= 15 is 0 Å². The summed E-state index contributed by atoms with van der Waals surface area (Å²) >= 11 is 0. The first-order valence-corrected chi connectivity index (χ1v) is 9.59. The van der Waals surface area contributed by atoms with Crippen LogP contribution >= 0.6 is 0 Å². The predicted octanol–water partition coefficient (Wildman–Crippen LogP) is 4.42. The van der Waals surface area contributed by atoms with Crippen LogP contribution in [-0.4, -0.2) is 34.5 Å². The first kappa shape index (κ1) is 16.8. The number of rotatable bonds is 5. The van der Waals surface area contributed by atoms with Gasteiger partial charge in [-0.2, -0.15) is 0 Å². The van der Waals surface area contributed by atoms with Gasteiger partial charge in [0.2, 0.25) is 0 Å². The van der Waals surface area contributed by atoms with Gasteiger partial charge in [-0.05, 0) is 43.7 Å². The van der Waals surface area contributed by atoms with E-state index < -0.39 is 0 Å². The molecule has 0 N–H and O–H groups in total. The summed E-state index contributed by atoms with van der Waals surface area (Å²) in [6, 6.07) is 22.6. The number of likely N-dealkylation sites (tertiary alicyclic amines) is 1. The minimum absolute atomic E-state index is 0.307. The van der Waals surface area contributed by atoms with Crippen molar-refractivity contribution in [1.82, 2.24) is 9.80 Å². The molecular weight excluding hydrogens is 304 g/mol. The Morgan fingerprint density at radius 3 is 1.64 bits per heavy atom. The van der Waals surface area contributed by atoms with Gasteiger partial charge in [0.15, 0.2) is 0 Å². The molecule has 1 heterocycles. The number of piperidine rings is 1. The molecule has 132 valence electrons. The summed E-state index contributed by atoms with van der Waals surface area (Å²) in [7, 11) is 0. The lowest BCUT2D eigenvalue weighted by atomic mass is 10.1. The quantitative estimate of drug-likeness (QED) is 0.799. The molecule has 2 aromatic carbocycles. The van der Waals surface area contributed by atoms with Gasteiger partial charge in [0.25, 0.3) is 0 Å². The third kappa shape index (κ3) is 3.65. The van der Waals surface area contributed by atoms with Crippen LogP contribution in [0.2, 0.25) is 0 Å². The molecule has 0 aromatic heterocycles. The number of benzene rings is 2. The average Bonchev–Trinajstić information content (AvgIpc) is 3.08. The second-order valence-corrected chi connectivity index (χ2v) is 8.77. The van der Waals surface area contributed by atoms with Crippen molar-refractivity contribution in [2.75, 3.05) is 13.1 Å². The molecule has 0 amide bonds. The van der Waals surface area contributed by atoms with E-state index in [2.05, 4.69) is 91.2 Å². The smallest absolute Gasteiger partial charge is 0.0240 e. The van der Waals surface area contributed by atoms with Crippen LogP contribution in [0.25, 0.3) is 0 Å². The van der Waals surface area contributed by atoms with E-state index in [1.165, 1.54) is 24.2 Å². The molecule has 3 atom stereocenters. The maximum absolute atomic E-state index is 2.72. The summed E-state index contributed by atoms with van der Waals surface area (Å²) < 4.78 is 0. The molecule has 2 nitrogen and oxygen atoms in total. The van der Waals surface area contributed by atoms with Crippen molar-refractivity contribution in [1.29, 1.82) is 0 Å². The Balaban J connectivity index is 1.48. The number of fused-ring (bicyclic) bond motifs is 1. The van der Waals surface area contributed by atoms with Gasteiger partial charge < -0.3 is 0 Å². The minimum atomic E-state index is 0.307. The van der Waals surface area contributed by atoms with Crippen molar-refractivity contribution in [2.45, 2.75) is 45.4 Å². The zero-order chi connectivity index (χ0) is 17.4. The van der Waals surface area contributed by atoms with Gasteiger partial charge in [0.1, 0.15) is 0 Å². The van der Waals surface area contributed by atoms with Crippen LogP contribution in [0.15, 0.2) is 60.7 Å². The van der Waals surface area contributed by atoms with Crippen LogP contribution in [-0.2, 0) is 13.1 Å². The number of nitrogens with zero attached hydrogens (tertiary/aromatic N) is 2. The summed E-state index contributed by atoms with van der Waals surface area (Å²) in [5.74, 6) is 1.71. The van der Waals surface area contributed by atoms with Crippen molar-refractivity contribution in [3.63, 3.8) is 0 Å². The van der Waals surface area contributed by atoms with E-state index in [-0.39, 0.29) is 0 Å². The summed E-state index contributed by atoms with van der Waals surface area (Å²) in [5.41, 5.74) is 3.16. The Kier molecular flexibility index (Phi) is 4.43. The normalized spacial score (nSPS) is 26.0. The predicted molar refractivity (Wildman–Crippen MR) is 104 cm³/mol. The Morgan fingerprint density at radius 1 is 0.800 bits per heavy atom. The van der Waals surface area contributed by atoms with Crippen molar-refractivity contribution in [2.24, 2.45) is 11.8 Å². The topological polar surface area (TPSA) is 6.48 Å². The lowest BCUT2D eigenvalue weighted by Crippen LogP contribution is -2.43. The Hall–Kier alpha value is -1.64. The van der Waals surface area contributed by atoms with Crippen molar-refractivity contribution < 1.29 is 0 Å². The highest BCUT2D eigenvalue weighted by atomic mass is 15.3. The van der Waals surface area contributed by atoms with Gasteiger partial charge in [-0.25, -0.2) is 0 Å². The van der Waals surface area contributed by atoms with Crippen molar-refractivity contribution in [3.8, 4) is 0 Å². The molecule has 1 saturated heterocycles. The highest BCUT2D eigenvalue weighted by Gasteiger charge is 2.59. The largest absolute Gasteiger partial charge is 0.298 e. The molecule has 2 aliphatic rings. The lowest BCUT2D eigenvalue weighted by Gasteiger charge is -2.35. The van der Waals surface area contributed by atoms with Crippen LogP contribution in [0.3, 0.4) is 0 Å². The zero-order valence-electron chi connectivity index (χ0n) is 15.7. The standard InChI is InChI=1S/C23H30N2/c1-23(2,3)25-16-20-21(17-25)22(20)24(14-18-10-6-4-7-11-18)15-19-12-8-5-9-13-19/h4-13,20-22H,14-17H2,1-3H3/t20-,21+,22+. The lowest BCUT2D eigenvalue weighted by molar-refractivity contribution is 0.122. The fourth-order valence-corrected chi connectivity index (χ4v) is 4.49. The molecule has 4 rings (SSSR count). The van der Waals surface area contributed by atoms with Crippen LogP contribution in [0.4, 0.5) is 0 Å². The molecule has 1 aliphatic carbocycles. The Morgan fingerprint density at radius 2 is 1.24 bits per heavy atom. The van der Waals surface area contributed by atoms with E-state index in [0.29, 0.717) is 5.54 Å². The summed E-state index contributed by atoms with van der Waals surface area (Å²) in [4.78, 5) is 5.39. The molecule has 2 heteroatoms. The van der Waals surface area contributed by atoms with E-state index in [1.807, 2.05) is 0 Å². The van der Waals surface area contributed by atoms with Gasteiger partial charge in [-0.1, -0.05) is 60.7 Å². The third-order valence-corrected chi connectivity index (χ3v) is 5.98.